The molecule has 0 bridgehead atoms. The summed E-state index contributed by atoms with van der Waals surface area (Å²) in [5, 5.41) is 0. The summed E-state index contributed by atoms with van der Waals surface area (Å²) in [7, 11) is 0. The molecule has 0 amide bonds. The van der Waals surface area contributed by atoms with Gasteiger partial charge in [-0.2, -0.15) is 0 Å². The molecule has 0 saturated heterocycles. The molecule has 5 heteroatoms. The van der Waals surface area contributed by atoms with Crippen LogP contribution in [-0.4, -0.2) is 11.8 Å². The lowest BCUT2D eigenvalue weighted by Crippen LogP contribution is -2.37. The molecule has 0 heterocycles. The van der Waals surface area contributed by atoms with Crippen molar-refractivity contribution in [1.82, 2.24) is 0 Å². The minimum absolute atomic E-state index is 0.225. The van der Waals surface area contributed by atoms with Crippen LogP contribution in [-0.2, 0) is 4.43 Å². The molecule has 0 rings (SSSR count). The Kier molecular flexibility index (Phi) is 5.50. The van der Waals surface area contributed by atoms with Crippen molar-refractivity contribution in [2.75, 3.05) is 0 Å². The molecule has 0 N–H and O–H groups in total. The zero-order valence-corrected chi connectivity index (χ0v) is 10.9. The molecule has 12 heavy (non-hydrogen) atoms. The Morgan fingerprint density at radius 2 is 1.33 bits per heavy atom. The molecular formula is C7H15Cl3OSi. The maximum atomic E-state index is 5.70. The average Bonchev–Trinajstić information content (AvgIpc) is 1.99. The second-order valence-corrected chi connectivity index (χ2v) is 10.4. The second kappa shape index (κ2) is 5.06. The van der Waals surface area contributed by atoms with Gasteiger partial charge in [0.15, 0.2) is 0 Å². The first kappa shape index (κ1) is 13.0. The van der Waals surface area contributed by atoms with Gasteiger partial charge < -0.3 is 4.43 Å². The summed E-state index contributed by atoms with van der Waals surface area (Å²) in [5.74, 6) is 0. The van der Waals surface area contributed by atoms with Crippen molar-refractivity contribution in [1.29, 1.82) is 0 Å². The van der Waals surface area contributed by atoms with E-state index in [0.717, 1.165) is 19.3 Å². The molecule has 0 fully saturated rings. The Labute approximate surface area is 89.6 Å². The van der Waals surface area contributed by atoms with Crippen LogP contribution in [0.25, 0.3) is 0 Å². The van der Waals surface area contributed by atoms with E-state index in [-0.39, 0.29) is 5.60 Å². The summed E-state index contributed by atoms with van der Waals surface area (Å²) < 4.78 is 5.51. The van der Waals surface area contributed by atoms with Crippen LogP contribution in [0.15, 0.2) is 0 Å². The molecule has 0 aliphatic carbocycles. The van der Waals surface area contributed by atoms with Crippen molar-refractivity contribution in [2.45, 2.75) is 45.6 Å². The fourth-order valence-electron chi connectivity index (χ4n) is 1.21. The third-order valence-corrected chi connectivity index (χ3v) is 3.62. The SMILES string of the molecule is CCC(CC)(CC)O[Si](Cl)(Cl)Cl. The topological polar surface area (TPSA) is 9.23 Å². The van der Waals surface area contributed by atoms with E-state index in [1.807, 2.05) is 0 Å². The van der Waals surface area contributed by atoms with Crippen molar-refractivity contribution in [3.63, 3.8) is 0 Å². The summed E-state index contributed by atoms with van der Waals surface area (Å²) >= 11 is 17.1. The molecule has 0 aromatic carbocycles. The standard InChI is InChI=1S/C7H15Cl3OSi/c1-4-7(5-2,6-3)11-12(8,9)10/h4-6H2,1-3H3. The van der Waals surface area contributed by atoms with Gasteiger partial charge in [-0.05, 0) is 19.3 Å². The number of rotatable bonds is 5. The highest BCUT2D eigenvalue weighted by Gasteiger charge is 2.38. The van der Waals surface area contributed by atoms with Gasteiger partial charge in [0.25, 0.3) is 0 Å². The first-order valence-electron chi connectivity index (χ1n) is 4.16. The zero-order valence-electron chi connectivity index (χ0n) is 7.66. The average molecular weight is 250 g/mol. The van der Waals surface area contributed by atoms with Gasteiger partial charge in [0.2, 0.25) is 0 Å². The maximum Gasteiger partial charge on any atom is 0.494 e. The summed E-state index contributed by atoms with van der Waals surface area (Å²) in [6.07, 6.45) is -0.270. The van der Waals surface area contributed by atoms with E-state index in [0.29, 0.717) is 0 Å². The van der Waals surface area contributed by atoms with Gasteiger partial charge in [0.1, 0.15) is 0 Å². The highest BCUT2D eigenvalue weighted by Crippen LogP contribution is 2.34. The van der Waals surface area contributed by atoms with Crippen molar-refractivity contribution >= 4 is 39.5 Å². The van der Waals surface area contributed by atoms with Crippen molar-refractivity contribution in [3.05, 3.63) is 0 Å². The minimum atomic E-state index is -2.94. The van der Waals surface area contributed by atoms with Crippen LogP contribution in [0.4, 0.5) is 0 Å². The fourth-order valence-corrected chi connectivity index (χ4v) is 3.61. The Balaban J connectivity index is 4.30. The summed E-state index contributed by atoms with van der Waals surface area (Å²) in [6.45, 7) is 6.16. The molecule has 0 radical (unpaired) electrons. The number of hydrogen-bond acceptors (Lipinski definition) is 1. The summed E-state index contributed by atoms with van der Waals surface area (Å²) in [4.78, 5) is 0. The van der Waals surface area contributed by atoms with Crippen LogP contribution >= 0.6 is 33.2 Å². The van der Waals surface area contributed by atoms with E-state index in [1.54, 1.807) is 0 Å². The van der Waals surface area contributed by atoms with Crippen molar-refractivity contribution < 1.29 is 4.43 Å². The fraction of sp³-hybridized carbons (Fsp3) is 1.00. The Morgan fingerprint density at radius 1 is 1.00 bits per heavy atom. The quantitative estimate of drug-likeness (QED) is 0.526. The highest BCUT2D eigenvalue weighted by atomic mass is 35.8. The predicted molar refractivity (Wildman–Crippen MR) is 58.0 cm³/mol. The van der Waals surface area contributed by atoms with E-state index >= 15 is 0 Å². The number of hydrogen-bond donors (Lipinski definition) is 0. The van der Waals surface area contributed by atoms with Gasteiger partial charge in [0, 0.05) is 0 Å². The van der Waals surface area contributed by atoms with Crippen molar-refractivity contribution in [2.24, 2.45) is 0 Å². The lowest BCUT2D eigenvalue weighted by atomic mass is 9.95. The van der Waals surface area contributed by atoms with Gasteiger partial charge in [-0.1, -0.05) is 54.0 Å². The van der Waals surface area contributed by atoms with Gasteiger partial charge in [-0.3, -0.25) is 0 Å². The van der Waals surface area contributed by atoms with Crippen LogP contribution in [0.3, 0.4) is 0 Å². The highest BCUT2D eigenvalue weighted by molar-refractivity contribution is 7.62. The predicted octanol–water partition coefficient (Wildman–Crippen LogP) is 4.12. The summed E-state index contributed by atoms with van der Waals surface area (Å²) in [6, 6.07) is 0. The molecule has 0 saturated carbocycles. The minimum Gasteiger partial charge on any atom is -0.375 e. The van der Waals surface area contributed by atoms with E-state index in [2.05, 4.69) is 20.8 Å². The smallest absolute Gasteiger partial charge is 0.375 e. The first-order valence-corrected chi connectivity index (χ1v) is 9.10. The first-order chi connectivity index (χ1) is 5.39. The molecular weight excluding hydrogens is 235 g/mol. The monoisotopic (exact) mass is 248 g/mol. The molecule has 74 valence electrons. The summed E-state index contributed by atoms with van der Waals surface area (Å²) in [5.41, 5.74) is -0.225. The normalized spacial score (nSPS) is 13.5. The van der Waals surface area contributed by atoms with Crippen LogP contribution in [0.1, 0.15) is 40.0 Å². The van der Waals surface area contributed by atoms with Crippen LogP contribution in [0, 0.1) is 0 Å². The number of halogens is 3. The van der Waals surface area contributed by atoms with Gasteiger partial charge >= 0.3 is 6.25 Å². The Bertz CT molecular complexity index is 123. The lowest BCUT2D eigenvalue weighted by Gasteiger charge is -2.33. The Morgan fingerprint density at radius 3 is 1.42 bits per heavy atom. The van der Waals surface area contributed by atoms with Gasteiger partial charge in [-0.15, -0.1) is 0 Å². The largest absolute Gasteiger partial charge is 0.494 e. The van der Waals surface area contributed by atoms with E-state index in [9.17, 15) is 0 Å². The molecule has 0 aliphatic heterocycles. The maximum absolute atomic E-state index is 5.70. The molecule has 0 aromatic heterocycles. The van der Waals surface area contributed by atoms with Crippen LogP contribution in [0.5, 0.6) is 0 Å². The molecule has 0 unspecified atom stereocenters. The third kappa shape index (κ3) is 4.33. The van der Waals surface area contributed by atoms with Gasteiger partial charge in [-0.25, -0.2) is 0 Å². The molecule has 0 spiro atoms. The zero-order chi connectivity index (χ0) is 9.83. The van der Waals surface area contributed by atoms with E-state index in [4.69, 9.17) is 37.7 Å². The van der Waals surface area contributed by atoms with Crippen LogP contribution in [0.2, 0.25) is 0 Å². The molecule has 1 nitrogen and oxygen atoms in total. The lowest BCUT2D eigenvalue weighted by molar-refractivity contribution is 0.0593. The van der Waals surface area contributed by atoms with Crippen LogP contribution < -0.4 is 0 Å². The molecule has 0 aliphatic rings. The molecule has 0 atom stereocenters. The Hall–Kier alpha value is 1.05. The molecule has 0 aromatic rings. The third-order valence-electron chi connectivity index (χ3n) is 2.27. The van der Waals surface area contributed by atoms with E-state index in [1.165, 1.54) is 0 Å². The van der Waals surface area contributed by atoms with Crippen molar-refractivity contribution in [3.8, 4) is 0 Å². The van der Waals surface area contributed by atoms with E-state index < -0.39 is 6.25 Å². The second-order valence-electron chi connectivity index (χ2n) is 2.79. The van der Waals surface area contributed by atoms with Gasteiger partial charge in [0.05, 0.1) is 5.60 Å².